The van der Waals surface area contributed by atoms with Crippen LogP contribution in [-0.4, -0.2) is 71.7 Å². The van der Waals surface area contributed by atoms with Crippen molar-refractivity contribution < 1.29 is 19.8 Å². The Labute approximate surface area is 108 Å². The van der Waals surface area contributed by atoms with Gasteiger partial charge in [-0.15, -0.1) is 0 Å². The summed E-state index contributed by atoms with van der Waals surface area (Å²) in [4.78, 5) is 25.7. The SMILES string of the molecule is CCC(C(=O)O)N(CCN(C)C)CC(C)C(=O)O. The van der Waals surface area contributed by atoms with Gasteiger partial charge in [-0.1, -0.05) is 13.8 Å². The smallest absolute Gasteiger partial charge is 0.320 e. The molecule has 0 spiro atoms. The van der Waals surface area contributed by atoms with Crippen molar-refractivity contribution in [2.45, 2.75) is 26.3 Å². The van der Waals surface area contributed by atoms with E-state index in [2.05, 4.69) is 0 Å². The van der Waals surface area contributed by atoms with Gasteiger partial charge in [0.2, 0.25) is 0 Å². The van der Waals surface area contributed by atoms with Gasteiger partial charge in [-0.25, -0.2) is 0 Å². The molecule has 0 aliphatic heterocycles. The summed E-state index contributed by atoms with van der Waals surface area (Å²) in [5.41, 5.74) is 0. The third-order valence-electron chi connectivity index (χ3n) is 2.88. The second kappa shape index (κ2) is 8.05. The van der Waals surface area contributed by atoms with Crippen LogP contribution in [0.4, 0.5) is 0 Å². The maximum Gasteiger partial charge on any atom is 0.320 e. The average Bonchev–Trinajstić information content (AvgIpc) is 2.25. The molecule has 0 radical (unpaired) electrons. The molecule has 0 saturated carbocycles. The van der Waals surface area contributed by atoms with E-state index in [4.69, 9.17) is 10.2 Å². The van der Waals surface area contributed by atoms with E-state index in [-0.39, 0.29) is 6.54 Å². The number of hydrogen-bond acceptors (Lipinski definition) is 4. The third kappa shape index (κ3) is 5.97. The molecule has 2 atom stereocenters. The molecular weight excluding hydrogens is 236 g/mol. The van der Waals surface area contributed by atoms with E-state index in [0.717, 1.165) is 0 Å². The highest BCUT2D eigenvalue weighted by molar-refractivity contribution is 5.74. The fourth-order valence-electron chi connectivity index (χ4n) is 1.72. The first-order valence-electron chi connectivity index (χ1n) is 6.14. The summed E-state index contributed by atoms with van der Waals surface area (Å²) in [6.45, 7) is 4.91. The largest absolute Gasteiger partial charge is 0.481 e. The molecular formula is C12H24N2O4. The van der Waals surface area contributed by atoms with E-state index in [1.165, 1.54) is 0 Å². The van der Waals surface area contributed by atoms with Crippen LogP contribution >= 0.6 is 0 Å². The second-order valence-electron chi connectivity index (χ2n) is 4.80. The van der Waals surface area contributed by atoms with Crippen molar-refractivity contribution in [2.24, 2.45) is 5.92 Å². The van der Waals surface area contributed by atoms with Crippen LogP contribution in [0.2, 0.25) is 0 Å². The molecule has 2 N–H and O–H groups in total. The van der Waals surface area contributed by atoms with Crippen LogP contribution in [0.15, 0.2) is 0 Å². The molecule has 0 bridgehead atoms. The number of likely N-dealkylation sites (N-methyl/N-ethyl adjacent to an activating group) is 1. The molecule has 0 rings (SSSR count). The highest BCUT2D eigenvalue weighted by Crippen LogP contribution is 2.09. The van der Waals surface area contributed by atoms with Crippen LogP contribution in [0, 0.1) is 5.92 Å². The number of carboxylic acids is 2. The van der Waals surface area contributed by atoms with Crippen LogP contribution in [0.25, 0.3) is 0 Å². The Kier molecular flexibility index (Phi) is 7.54. The first-order valence-corrected chi connectivity index (χ1v) is 6.14. The molecule has 0 amide bonds. The van der Waals surface area contributed by atoms with Gasteiger partial charge in [-0.3, -0.25) is 14.5 Å². The zero-order valence-electron chi connectivity index (χ0n) is 11.6. The van der Waals surface area contributed by atoms with Crippen molar-refractivity contribution >= 4 is 11.9 Å². The molecule has 0 aromatic carbocycles. The molecule has 6 nitrogen and oxygen atoms in total. The fourth-order valence-corrected chi connectivity index (χ4v) is 1.72. The van der Waals surface area contributed by atoms with E-state index >= 15 is 0 Å². The van der Waals surface area contributed by atoms with Crippen molar-refractivity contribution in [1.82, 2.24) is 9.80 Å². The van der Waals surface area contributed by atoms with Gasteiger partial charge < -0.3 is 15.1 Å². The summed E-state index contributed by atoms with van der Waals surface area (Å²) < 4.78 is 0. The summed E-state index contributed by atoms with van der Waals surface area (Å²) in [5, 5.41) is 18.1. The lowest BCUT2D eigenvalue weighted by molar-refractivity contribution is -0.147. The Morgan fingerprint density at radius 3 is 2.00 bits per heavy atom. The van der Waals surface area contributed by atoms with Crippen molar-refractivity contribution in [3.05, 3.63) is 0 Å². The van der Waals surface area contributed by atoms with E-state index in [1.54, 1.807) is 18.7 Å². The molecule has 0 heterocycles. The summed E-state index contributed by atoms with van der Waals surface area (Å²) >= 11 is 0. The van der Waals surface area contributed by atoms with E-state index in [9.17, 15) is 9.59 Å². The molecule has 0 aliphatic rings. The van der Waals surface area contributed by atoms with Crippen molar-refractivity contribution in [1.29, 1.82) is 0 Å². The molecule has 0 aliphatic carbocycles. The Balaban J connectivity index is 4.68. The minimum absolute atomic E-state index is 0.258. The van der Waals surface area contributed by atoms with Crippen LogP contribution in [-0.2, 0) is 9.59 Å². The van der Waals surface area contributed by atoms with Crippen LogP contribution in [0.1, 0.15) is 20.3 Å². The monoisotopic (exact) mass is 260 g/mol. The molecule has 0 fully saturated rings. The Hall–Kier alpha value is -1.14. The zero-order valence-corrected chi connectivity index (χ0v) is 11.6. The molecule has 2 unspecified atom stereocenters. The van der Waals surface area contributed by atoms with Gasteiger partial charge in [0.15, 0.2) is 0 Å². The van der Waals surface area contributed by atoms with Crippen molar-refractivity contribution in [3.63, 3.8) is 0 Å². The van der Waals surface area contributed by atoms with Gasteiger partial charge in [-0.05, 0) is 20.5 Å². The maximum absolute atomic E-state index is 11.2. The zero-order chi connectivity index (χ0) is 14.3. The van der Waals surface area contributed by atoms with Crippen molar-refractivity contribution in [3.8, 4) is 0 Å². The van der Waals surface area contributed by atoms with Gasteiger partial charge in [0, 0.05) is 19.6 Å². The molecule has 0 aromatic heterocycles. The quantitative estimate of drug-likeness (QED) is 0.626. The second-order valence-corrected chi connectivity index (χ2v) is 4.80. The van der Waals surface area contributed by atoms with Gasteiger partial charge in [-0.2, -0.15) is 0 Å². The van der Waals surface area contributed by atoms with Gasteiger partial charge in [0.1, 0.15) is 6.04 Å². The normalized spacial score (nSPS) is 14.8. The van der Waals surface area contributed by atoms with Crippen LogP contribution in [0.3, 0.4) is 0 Å². The number of rotatable bonds is 9. The highest BCUT2D eigenvalue weighted by Gasteiger charge is 2.26. The fraction of sp³-hybridized carbons (Fsp3) is 0.833. The number of carbonyl (C=O) groups is 2. The van der Waals surface area contributed by atoms with Gasteiger partial charge in [0.05, 0.1) is 5.92 Å². The van der Waals surface area contributed by atoms with E-state index < -0.39 is 23.9 Å². The first-order chi connectivity index (χ1) is 8.29. The van der Waals surface area contributed by atoms with Gasteiger partial charge in [0.25, 0.3) is 0 Å². The minimum atomic E-state index is -0.898. The summed E-state index contributed by atoms with van der Waals surface area (Å²) in [6.07, 6.45) is 0.467. The number of aliphatic carboxylic acids is 2. The van der Waals surface area contributed by atoms with Crippen LogP contribution in [0.5, 0.6) is 0 Å². The van der Waals surface area contributed by atoms with E-state index in [1.807, 2.05) is 19.0 Å². The maximum atomic E-state index is 11.2. The van der Waals surface area contributed by atoms with Gasteiger partial charge >= 0.3 is 11.9 Å². The third-order valence-corrected chi connectivity index (χ3v) is 2.88. The molecule has 0 aromatic rings. The Morgan fingerprint density at radius 1 is 1.11 bits per heavy atom. The molecule has 0 saturated heterocycles. The lowest BCUT2D eigenvalue weighted by atomic mass is 10.1. The standard InChI is InChI=1S/C12H24N2O4/c1-5-10(12(17)18)14(7-6-13(3)4)8-9(2)11(15)16/h9-10H,5-8H2,1-4H3,(H,15,16)(H,17,18). The summed E-state index contributed by atoms with van der Waals surface area (Å²) in [5.74, 6) is -2.36. The van der Waals surface area contributed by atoms with Crippen LogP contribution < -0.4 is 0 Å². The Bertz CT molecular complexity index is 281. The summed E-state index contributed by atoms with van der Waals surface area (Å²) in [6, 6.07) is -0.619. The molecule has 106 valence electrons. The first kappa shape index (κ1) is 16.9. The molecule has 6 heteroatoms. The minimum Gasteiger partial charge on any atom is -0.481 e. The predicted molar refractivity (Wildman–Crippen MR) is 68.6 cm³/mol. The van der Waals surface area contributed by atoms with E-state index in [0.29, 0.717) is 19.5 Å². The lowest BCUT2D eigenvalue weighted by Gasteiger charge is -2.30. The van der Waals surface area contributed by atoms with Crippen molar-refractivity contribution in [2.75, 3.05) is 33.7 Å². The molecule has 18 heavy (non-hydrogen) atoms. The average molecular weight is 260 g/mol. The predicted octanol–water partition coefficient (Wildman–Crippen LogP) is 0.434. The summed E-state index contributed by atoms with van der Waals surface area (Å²) in [7, 11) is 3.81. The number of carboxylic acid groups (broad SMARTS) is 2. The lowest BCUT2D eigenvalue weighted by Crippen LogP contribution is -2.46. The number of hydrogen-bond donors (Lipinski definition) is 2. The Morgan fingerprint density at radius 2 is 1.67 bits per heavy atom. The topological polar surface area (TPSA) is 81.1 Å². The number of nitrogens with zero attached hydrogens (tertiary/aromatic N) is 2. The highest BCUT2D eigenvalue weighted by atomic mass is 16.4.